The number of benzene rings is 2. The molecule has 0 amide bonds. The van der Waals surface area contributed by atoms with Gasteiger partial charge in [0.05, 0.1) is 0 Å². The van der Waals surface area contributed by atoms with Crippen molar-refractivity contribution in [3.05, 3.63) is 72.1 Å². The largest absolute Gasteiger partial charge is 0.378 e. The molecule has 106 valence electrons. The predicted molar refractivity (Wildman–Crippen MR) is 80.1 cm³/mol. The van der Waals surface area contributed by atoms with E-state index >= 15 is 0 Å². The molecule has 0 spiro atoms. The molecule has 1 N–H and O–H groups in total. The average molecular weight is 284 g/mol. The van der Waals surface area contributed by atoms with Crippen molar-refractivity contribution in [3.63, 3.8) is 0 Å². The molecule has 0 saturated carbocycles. The summed E-state index contributed by atoms with van der Waals surface area (Å²) in [5.74, 6) is -1.67. The third-order valence-corrected chi connectivity index (χ3v) is 3.50. The van der Waals surface area contributed by atoms with Gasteiger partial charge in [-0.3, -0.25) is 4.98 Å². The van der Waals surface area contributed by atoms with Gasteiger partial charge in [0.25, 0.3) is 0 Å². The van der Waals surface area contributed by atoms with Gasteiger partial charge in [-0.15, -0.1) is 0 Å². The van der Waals surface area contributed by atoms with E-state index < -0.39 is 11.6 Å². The van der Waals surface area contributed by atoms with Crippen LogP contribution in [0.2, 0.25) is 0 Å². The highest BCUT2D eigenvalue weighted by molar-refractivity contribution is 5.93. The summed E-state index contributed by atoms with van der Waals surface area (Å²) < 4.78 is 26.3. The van der Waals surface area contributed by atoms with Gasteiger partial charge in [0, 0.05) is 29.5 Å². The molecule has 2 aromatic carbocycles. The molecular formula is C17H14F2N2. The molecule has 21 heavy (non-hydrogen) atoms. The van der Waals surface area contributed by atoms with Gasteiger partial charge < -0.3 is 5.32 Å². The quantitative estimate of drug-likeness (QED) is 0.755. The second-order valence-corrected chi connectivity index (χ2v) is 4.94. The van der Waals surface area contributed by atoms with Crippen LogP contribution in [0.15, 0.2) is 54.9 Å². The van der Waals surface area contributed by atoms with Crippen molar-refractivity contribution in [1.29, 1.82) is 0 Å². The topological polar surface area (TPSA) is 24.9 Å². The summed E-state index contributed by atoms with van der Waals surface area (Å²) in [4.78, 5) is 4.13. The zero-order valence-electron chi connectivity index (χ0n) is 11.5. The lowest BCUT2D eigenvalue weighted by atomic mass is 10.1. The fourth-order valence-corrected chi connectivity index (χ4v) is 2.34. The Bertz CT molecular complexity index is 781. The zero-order chi connectivity index (χ0) is 14.8. The summed E-state index contributed by atoms with van der Waals surface area (Å²) in [6.45, 7) is 1.90. The molecule has 1 heterocycles. The summed E-state index contributed by atoms with van der Waals surface area (Å²) in [6, 6.07) is 11.6. The summed E-state index contributed by atoms with van der Waals surface area (Å²) in [7, 11) is 0. The Morgan fingerprint density at radius 3 is 2.71 bits per heavy atom. The lowest BCUT2D eigenvalue weighted by Crippen LogP contribution is -2.07. The SMILES string of the molecule is CC(Nc1cccc2ccncc12)c1ccc(F)c(F)c1. The lowest BCUT2D eigenvalue weighted by molar-refractivity contribution is 0.506. The number of fused-ring (bicyclic) bond motifs is 1. The highest BCUT2D eigenvalue weighted by atomic mass is 19.2. The number of rotatable bonds is 3. The number of hydrogen-bond acceptors (Lipinski definition) is 2. The predicted octanol–water partition coefficient (Wildman–Crippen LogP) is 4.69. The van der Waals surface area contributed by atoms with Crippen LogP contribution in [0.1, 0.15) is 18.5 Å². The van der Waals surface area contributed by atoms with Crippen molar-refractivity contribution in [2.45, 2.75) is 13.0 Å². The number of pyridine rings is 1. The monoisotopic (exact) mass is 284 g/mol. The van der Waals surface area contributed by atoms with Crippen molar-refractivity contribution >= 4 is 16.5 Å². The molecule has 0 radical (unpaired) electrons. The van der Waals surface area contributed by atoms with Crippen LogP contribution in [0.3, 0.4) is 0 Å². The number of halogens is 2. The first-order chi connectivity index (χ1) is 10.1. The van der Waals surface area contributed by atoms with E-state index in [1.165, 1.54) is 6.07 Å². The van der Waals surface area contributed by atoms with Crippen LogP contribution in [0.25, 0.3) is 10.8 Å². The van der Waals surface area contributed by atoms with E-state index in [4.69, 9.17) is 0 Å². The van der Waals surface area contributed by atoms with Crippen LogP contribution in [0.5, 0.6) is 0 Å². The molecule has 3 rings (SSSR count). The summed E-state index contributed by atoms with van der Waals surface area (Å²) in [5.41, 5.74) is 1.60. The van der Waals surface area contributed by atoms with Crippen molar-refractivity contribution < 1.29 is 8.78 Å². The van der Waals surface area contributed by atoms with E-state index in [-0.39, 0.29) is 6.04 Å². The Hall–Kier alpha value is -2.49. The van der Waals surface area contributed by atoms with Gasteiger partial charge in [0.15, 0.2) is 11.6 Å². The second-order valence-electron chi connectivity index (χ2n) is 4.94. The van der Waals surface area contributed by atoms with Crippen molar-refractivity contribution in [3.8, 4) is 0 Å². The van der Waals surface area contributed by atoms with Crippen molar-refractivity contribution in [2.75, 3.05) is 5.32 Å². The molecule has 0 aliphatic heterocycles. The first-order valence-electron chi connectivity index (χ1n) is 6.69. The smallest absolute Gasteiger partial charge is 0.159 e. The van der Waals surface area contributed by atoms with E-state index in [2.05, 4.69) is 10.3 Å². The van der Waals surface area contributed by atoms with Crippen molar-refractivity contribution in [2.24, 2.45) is 0 Å². The van der Waals surface area contributed by atoms with E-state index in [1.54, 1.807) is 18.5 Å². The molecule has 0 aliphatic rings. The highest BCUT2D eigenvalue weighted by Gasteiger charge is 2.10. The van der Waals surface area contributed by atoms with E-state index in [0.717, 1.165) is 22.5 Å². The molecule has 0 saturated heterocycles. The minimum Gasteiger partial charge on any atom is -0.378 e. The fraction of sp³-hybridized carbons (Fsp3) is 0.118. The fourth-order valence-electron chi connectivity index (χ4n) is 2.34. The number of nitrogens with one attached hydrogen (secondary N) is 1. The maximum atomic E-state index is 13.3. The van der Waals surface area contributed by atoms with Crippen molar-refractivity contribution in [1.82, 2.24) is 4.98 Å². The molecule has 1 atom stereocenters. The second kappa shape index (κ2) is 5.48. The molecular weight excluding hydrogens is 270 g/mol. The molecule has 1 unspecified atom stereocenters. The number of nitrogens with zero attached hydrogens (tertiary/aromatic N) is 1. The number of hydrogen-bond donors (Lipinski definition) is 1. The van der Waals surface area contributed by atoms with Crippen LogP contribution in [-0.4, -0.2) is 4.98 Å². The third kappa shape index (κ3) is 2.70. The Balaban J connectivity index is 1.92. The van der Waals surface area contributed by atoms with Crippen LogP contribution >= 0.6 is 0 Å². The molecule has 4 heteroatoms. The summed E-state index contributed by atoms with van der Waals surface area (Å²) >= 11 is 0. The third-order valence-electron chi connectivity index (χ3n) is 3.50. The lowest BCUT2D eigenvalue weighted by Gasteiger charge is -2.17. The minimum absolute atomic E-state index is 0.147. The minimum atomic E-state index is -0.833. The highest BCUT2D eigenvalue weighted by Crippen LogP contribution is 2.26. The standard InChI is InChI=1S/C17H14F2N2/c1-11(13-5-6-15(18)16(19)9-13)21-17-4-2-3-12-7-8-20-10-14(12)17/h2-11,21H,1H3. The van der Waals surface area contributed by atoms with Crippen LogP contribution in [0.4, 0.5) is 14.5 Å². The van der Waals surface area contributed by atoms with Gasteiger partial charge in [-0.05, 0) is 42.1 Å². The number of anilines is 1. The zero-order valence-corrected chi connectivity index (χ0v) is 11.5. The first-order valence-corrected chi connectivity index (χ1v) is 6.69. The van der Waals surface area contributed by atoms with Gasteiger partial charge in [0.1, 0.15) is 0 Å². The van der Waals surface area contributed by atoms with Gasteiger partial charge in [-0.25, -0.2) is 8.78 Å². The molecule has 2 nitrogen and oxygen atoms in total. The van der Waals surface area contributed by atoms with E-state index in [0.29, 0.717) is 5.56 Å². The molecule has 0 aliphatic carbocycles. The Kier molecular flexibility index (Phi) is 3.52. The Morgan fingerprint density at radius 1 is 1.05 bits per heavy atom. The molecule has 0 bridgehead atoms. The van der Waals surface area contributed by atoms with Gasteiger partial charge in [0.2, 0.25) is 0 Å². The average Bonchev–Trinajstić information content (AvgIpc) is 2.50. The first kappa shape index (κ1) is 13.5. The molecule has 3 aromatic rings. The number of aromatic nitrogens is 1. The molecule has 1 aromatic heterocycles. The van der Waals surface area contributed by atoms with Crippen LogP contribution in [-0.2, 0) is 0 Å². The maximum Gasteiger partial charge on any atom is 0.159 e. The van der Waals surface area contributed by atoms with Gasteiger partial charge in [-0.1, -0.05) is 18.2 Å². The summed E-state index contributed by atoms with van der Waals surface area (Å²) in [6.07, 6.45) is 3.53. The normalized spacial score (nSPS) is 12.3. The molecule has 0 fully saturated rings. The van der Waals surface area contributed by atoms with Gasteiger partial charge >= 0.3 is 0 Å². The van der Waals surface area contributed by atoms with Gasteiger partial charge in [-0.2, -0.15) is 0 Å². The Labute approximate surface area is 121 Å². The van der Waals surface area contributed by atoms with Crippen LogP contribution in [0, 0.1) is 11.6 Å². The Morgan fingerprint density at radius 2 is 1.90 bits per heavy atom. The van der Waals surface area contributed by atoms with E-state index in [9.17, 15) is 8.78 Å². The summed E-state index contributed by atoms with van der Waals surface area (Å²) in [5, 5.41) is 5.39. The maximum absolute atomic E-state index is 13.3. The van der Waals surface area contributed by atoms with Crippen LogP contribution < -0.4 is 5.32 Å². The van der Waals surface area contributed by atoms with E-state index in [1.807, 2.05) is 31.2 Å².